The molecule has 3 N–H and O–H groups in total. The standard InChI is InChI=1S/C24H20ClFN4O3/c1-13-19-11-28-29-23(19)16(12-30(13)32)10-27-24(31)15-8-20(26)22(14-3-2-4-17(25)7-14)21(9-15)33-18-5-6-18/h2-4,7-9,11-12,18,32H,5-6,10H2,1H3,(H,27,31)/p+1. The summed E-state index contributed by atoms with van der Waals surface area (Å²) in [5.74, 6) is -0.727. The lowest BCUT2D eigenvalue weighted by Crippen LogP contribution is -2.35. The summed E-state index contributed by atoms with van der Waals surface area (Å²) in [7, 11) is 0. The first-order valence-electron chi connectivity index (χ1n) is 10.5. The quantitative estimate of drug-likeness (QED) is 0.291. The average molecular weight is 468 g/mol. The number of halogens is 2. The number of aromatic amines is 1. The van der Waals surface area contributed by atoms with Gasteiger partial charge in [0.1, 0.15) is 11.6 Å². The lowest BCUT2D eigenvalue weighted by atomic mass is 10.0. The minimum atomic E-state index is -0.569. The summed E-state index contributed by atoms with van der Waals surface area (Å²) in [6, 6.07) is 9.62. The Balaban J connectivity index is 1.44. The molecule has 0 atom stereocenters. The summed E-state index contributed by atoms with van der Waals surface area (Å²) in [6.45, 7) is 1.86. The highest BCUT2D eigenvalue weighted by molar-refractivity contribution is 6.30. The number of aryl methyl sites for hydroxylation is 1. The van der Waals surface area contributed by atoms with Crippen LogP contribution in [0.1, 0.15) is 34.5 Å². The highest BCUT2D eigenvalue weighted by atomic mass is 35.5. The topological polar surface area (TPSA) is 91.1 Å². The molecule has 1 amide bonds. The molecular formula is C24H21ClFN4O3+. The second-order valence-corrected chi connectivity index (χ2v) is 8.52. The Morgan fingerprint density at radius 1 is 1.36 bits per heavy atom. The van der Waals surface area contributed by atoms with Crippen molar-refractivity contribution in [1.29, 1.82) is 0 Å². The molecule has 1 aliphatic carbocycles. The number of carbonyl (C=O) groups excluding carboxylic acids is 1. The summed E-state index contributed by atoms with van der Waals surface area (Å²) < 4.78 is 22.2. The molecule has 5 rings (SSSR count). The van der Waals surface area contributed by atoms with Crippen LogP contribution in [0.25, 0.3) is 22.0 Å². The van der Waals surface area contributed by atoms with Crippen LogP contribution in [0, 0.1) is 12.7 Å². The van der Waals surface area contributed by atoms with Crippen LogP contribution in [0.5, 0.6) is 5.75 Å². The molecule has 4 aromatic rings. The molecule has 2 aromatic carbocycles. The molecule has 1 saturated carbocycles. The molecule has 2 aromatic heterocycles. The van der Waals surface area contributed by atoms with E-state index in [1.165, 1.54) is 12.3 Å². The Hall–Kier alpha value is -3.65. The third-order valence-electron chi connectivity index (χ3n) is 5.66. The number of nitrogens with one attached hydrogen (secondary N) is 2. The van der Waals surface area contributed by atoms with Crippen LogP contribution in [0.15, 0.2) is 48.8 Å². The van der Waals surface area contributed by atoms with E-state index in [0.717, 1.165) is 23.0 Å². The number of nitrogens with zero attached hydrogens (tertiary/aromatic N) is 2. The summed E-state index contributed by atoms with van der Waals surface area (Å²) in [5.41, 5.74) is 2.96. The number of rotatable bonds is 6. The molecule has 9 heteroatoms. The molecule has 0 aliphatic heterocycles. The molecule has 168 valence electrons. The summed E-state index contributed by atoms with van der Waals surface area (Å²) in [6.07, 6.45) is 4.90. The maximum Gasteiger partial charge on any atom is 0.251 e. The number of ether oxygens (including phenoxy) is 1. The number of aromatic nitrogens is 3. The Bertz CT molecular complexity index is 1380. The van der Waals surface area contributed by atoms with Crippen molar-refractivity contribution in [1.82, 2.24) is 15.5 Å². The Morgan fingerprint density at radius 2 is 2.18 bits per heavy atom. The number of carbonyl (C=O) groups is 1. The predicted octanol–water partition coefficient (Wildman–Crippen LogP) is 4.33. The molecule has 0 bridgehead atoms. The van der Waals surface area contributed by atoms with Crippen LogP contribution in [0.4, 0.5) is 4.39 Å². The van der Waals surface area contributed by atoms with Crippen molar-refractivity contribution in [2.45, 2.75) is 32.4 Å². The largest absolute Gasteiger partial charge is 0.490 e. The SMILES string of the molecule is Cc1c2cn[nH]c2c(CNC(=O)c2cc(F)c(-c3cccc(Cl)c3)c(OC3CC3)c2)c[n+]1O. The third-order valence-corrected chi connectivity index (χ3v) is 5.89. The third kappa shape index (κ3) is 4.21. The monoisotopic (exact) mass is 467 g/mol. The Labute approximate surface area is 193 Å². The summed E-state index contributed by atoms with van der Waals surface area (Å²) in [5, 5.41) is 21.0. The van der Waals surface area contributed by atoms with Gasteiger partial charge in [-0.1, -0.05) is 23.7 Å². The van der Waals surface area contributed by atoms with Crippen molar-refractivity contribution >= 4 is 28.4 Å². The number of benzene rings is 2. The van der Waals surface area contributed by atoms with E-state index in [9.17, 15) is 10.0 Å². The minimum Gasteiger partial charge on any atom is -0.490 e. The van der Waals surface area contributed by atoms with Crippen LogP contribution in [-0.4, -0.2) is 27.4 Å². The van der Waals surface area contributed by atoms with Crippen molar-refractivity contribution in [3.8, 4) is 16.9 Å². The molecule has 7 nitrogen and oxygen atoms in total. The van der Waals surface area contributed by atoms with E-state index in [0.29, 0.717) is 33.1 Å². The van der Waals surface area contributed by atoms with E-state index in [-0.39, 0.29) is 23.8 Å². The van der Waals surface area contributed by atoms with Crippen LogP contribution in [0.3, 0.4) is 0 Å². The van der Waals surface area contributed by atoms with Gasteiger partial charge >= 0.3 is 0 Å². The number of hydrogen-bond donors (Lipinski definition) is 3. The molecule has 0 saturated heterocycles. The van der Waals surface area contributed by atoms with Gasteiger partial charge in [0.25, 0.3) is 5.91 Å². The number of hydrogen-bond acceptors (Lipinski definition) is 4. The van der Waals surface area contributed by atoms with Gasteiger partial charge in [0.2, 0.25) is 11.9 Å². The number of pyridine rings is 1. The lowest BCUT2D eigenvalue weighted by molar-refractivity contribution is -0.908. The van der Waals surface area contributed by atoms with E-state index in [1.807, 2.05) is 0 Å². The Kier molecular flexibility index (Phi) is 5.38. The van der Waals surface area contributed by atoms with Crippen molar-refractivity contribution in [3.05, 3.63) is 76.5 Å². The summed E-state index contributed by atoms with van der Waals surface area (Å²) in [4.78, 5) is 12.9. The molecule has 1 fully saturated rings. The van der Waals surface area contributed by atoms with Gasteiger partial charge in [-0.05, 0) is 42.7 Å². The van der Waals surface area contributed by atoms with Crippen LogP contribution in [0.2, 0.25) is 5.02 Å². The maximum absolute atomic E-state index is 15.2. The zero-order chi connectivity index (χ0) is 23.1. The van der Waals surface area contributed by atoms with E-state index < -0.39 is 11.7 Å². The van der Waals surface area contributed by atoms with Crippen LogP contribution >= 0.6 is 11.6 Å². The van der Waals surface area contributed by atoms with Crippen LogP contribution in [-0.2, 0) is 6.54 Å². The molecule has 0 spiro atoms. The first-order chi connectivity index (χ1) is 15.9. The van der Waals surface area contributed by atoms with Gasteiger partial charge in [-0.3, -0.25) is 15.1 Å². The van der Waals surface area contributed by atoms with Gasteiger partial charge in [-0.25, -0.2) is 4.39 Å². The molecular weight excluding hydrogens is 447 g/mol. The van der Waals surface area contributed by atoms with Crippen molar-refractivity contribution in [3.63, 3.8) is 0 Å². The molecule has 0 unspecified atom stereocenters. The van der Waals surface area contributed by atoms with Crippen molar-refractivity contribution in [2.24, 2.45) is 0 Å². The van der Waals surface area contributed by atoms with Gasteiger partial charge in [0.05, 0.1) is 40.9 Å². The zero-order valence-corrected chi connectivity index (χ0v) is 18.5. The minimum absolute atomic E-state index is 0.0156. The second-order valence-electron chi connectivity index (χ2n) is 8.08. The molecule has 2 heterocycles. The van der Waals surface area contributed by atoms with Crippen molar-refractivity contribution in [2.75, 3.05) is 0 Å². The van der Waals surface area contributed by atoms with Gasteiger partial charge in [0.15, 0.2) is 0 Å². The van der Waals surface area contributed by atoms with Crippen molar-refractivity contribution < 1.29 is 23.9 Å². The Morgan fingerprint density at radius 3 is 2.94 bits per heavy atom. The number of H-pyrrole nitrogens is 1. The first-order valence-corrected chi connectivity index (χ1v) is 10.9. The lowest BCUT2D eigenvalue weighted by Gasteiger charge is -2.15. The molecule has 1 aliphatic rings. The smallest absolute Gasteiger partial charge is 0.251 e. The molecule has 0 radical (unpaired) electrons. The second kappa shape index (κ2) is 8.37. The fraction of sp³-hybridized carbons (Fsp3) is 0.208. The number of fused-ring (bicyclic) bond motifs is 1. The number of amides is 1. The van der Waals surface area contributed by atoms with Gasteiger partial charge in [0, 0.05) is 22.2 Å². The predicted molar refractivity (Wildman–Crippen MR) is 120 cm³/mol. The first kappa shape index (κ1) is 21.2. The van der Waals surface area contributed by atoms with Crippen LogP contribution < -0.4 is 14.8 Å². The van der Waals surface area contributed by atoms with Gasteiger partial charge in [-0.2, -0.15) is 5.10 Å². The maximum atomic E-state index is 15.2. The zero-order valence-electron chi connectivity index (χ0n) is 17.7. The fourth-order valence-electron chi connectivity index (χ4n) is 3.74. The van der Waals surface area contributed by atoms with E-state index in [2.05, 4.69) is 15.5 Å². The molecule has 33 heavy (non-hydrogen) atoms. The van der Waals surface area contributed by atoms with E-state index in [4.69, 9.17) is 16.3 Å². The van der Waals surface area contributed by atoms with E-state index >= 15 is 4.39 Å². The average Bonchev–Trinajstić information content (AvgIpc) is 3.46. The summed E-state index contributed by atoms with van der Waals surface area (Å²) >= 11 is 6.10. The highest BCUT2D eigenvalue weighted by Crippen LogP contribution is 2.38. The van der Waals surface area contributed by atoms with Gasteiger partial charge < -0.3 is 10.1 Å². The fourth-order valence-corrected chi connectivity index (χ4v) is 3.93. The van der Waals surface area contributed by atoms with Gasteiger partial charge in [-0.15, -0.1) is 0 Å². The van der Waals surface area contributed by atoms with E-state index in [1.54, 1.807) is 43.5 Å². The highest BCUT2D eigenvalue weighted by Gasteiger charge is 2.27. The normalized spacial score (nSPS) is 13.3.